The van der Waals surface area contributed by atoms with Gasteiger partial charge in [0, 0.05) is 6.20 Å². The van der Waals surface area contributed by atoms with Crippen molar-refractivity contribution in [2.45, 2.75) is 13.0 Å². The van der Waals surface area contributed by atoms with Gasteiger partial charge in [-0.2, -0.15) is 0 Å². The van der Waals surface area contributed by atoms with Crippen molar-refractivity contribution in [3.63, 3.8) is 0 Å². The van der Waals surface area contributed by atoms with E-state index in [1.54, 1.807) is 37.4 Å². The third-order valence-corrected chi connectivity index (χ3v) is 3.33. The Labute approximate surface area is 119 Å². The van der Waals surface area contributed by atoms with Gasteiger partial charge in [-0.15, -0.1) is 0 Å². The largest absolute Gasteiger partial charge is 0.345 e. The minimum absolute atomic E-state index is 0.253. The van der Waals surface area contributed by atoms with Crippen molar-refractivity contribution in [2.75, 3.05) is 0 Å². The molecule has 0 aliphatic rings. The van der Waals surface area contributed by atoms with Crippen LogP contribution in [0.4, 0.5) is 4.39 Å². The SMILES string of the molecule is CC(NC(=O)c1cccnc1Br)c1cccc(F)c1. The number of amides is 1. The molecule has 1 heterocycles. The van der Waals surface area contributed by atoms with Crippen molar-refractivity contribution >= 4 is 21.8 Å². The van der Waals surface area contributed by atoms with Crippen LogP contribution in [0.2, 0.25) is 0 Å². The highest BCUT2D eigenvalue weighted by Crippen LogP contribution is 2.17. The number of aromatic nitrogens is 1. The Hall–Kier alpha value is -1.75. The van der Waals surface area contributed by atoms with Crippen molar-refractivity contribution in [2.24, 2.45) is 0 Å². The molecule has 0 spiro atoms. The van der Waals surface area contributed by atoms with Gasteiger partial charge in [0.05, 0.1) is 11.6 Å². The van der Waals surface area contributed by atoms with Gasteiger partial charge in [-0.25, -0.2) is 9.37 Å². The van der Waals surface area contributed by atoms with E-state index in [1.165, 1.54) is 12.1 Å². The Bertz CT molecular complexity index is 604. The Kier molecular flexibility index (Phi) is 4.27. The number of nitrogens with zero attached hydrogens (tertiary/aromatic N) is 1. The molecule has 0 saturated carbocycles. The first-order valence-corrected chi connectivity index (χ1v) is 6.54. The van der Waals surface area contributed by atoms with Crippen LogP contribution >= 0.6 is 15.9 Å². The Morgan fingerprint density at radius 3 is 2.84 bits per heavy atom. The third-order valence-electron chi connectivity index (χ3n) is 2.70. The van der Waals surface area contributed by atoms with Gasteiger partial charge in [0.1, 0.15) is 10.4 Å². The molecule has 3 nitrogen and oxygen atoms in total. The molecule has 0 bridgehead atoms. The summed E-state index contributed by atoms with van der Waals surface area (Å²) in [5, 5.41) is 2.80. The Morgan fingerprint density at radius 1 is 1.37 bits per heavy atom. The lowest BCUT2D eigenvalue weighted by atomic mass is 10.1. The second-order valence-corrected chi connectivity index (χ2v) is 4.84. The average molecular weight is 323 g/mol. The summed E-state index contributed by atoms with van der Waals surface area (Å²) in [5.41, 5.74) is 1.17. The quantitative estimate of drug-likeness (QED) is 0.879. The van der Waals surface area contributed by atoms with Gasteiger partial charge in [-0.05, 0) is 52.7 Å². The summed E-state index contributed by atoms with van der Waals surface area (Å²) in [6.45, 7) is 1.80. The van der Waals surface area contributed by atoms with Gasteiger partial charge in [-0.1, -0.05) is 12.1 Å². The molecule has 0 aliphatic carbocycles. The molecule has 0 radical (unpaired) electrons. The second-order valence-electron chi connectivity index (χ2n) is 4.09. The van der Waals surface area contributed by atoms with E-state index in [-0.39, 0.29) is 17.8 Å². The molecule has 98 valence electrons. The zero-order valence-corrected chi connectivity index (χ0v) is 11.8. The lowest BCUT2D eigenvalue weighted by molar-refractivity contribution is 0.0938. The third kappa shape index (κ3) is 3.38. The molecule has 2 rings (SSSR count). The maximum Gasteiger partial charge on any atom is 0.254 e. The van der Waals surface area contributed by atoms with Crippen LogP contribution in [0.25, 0.3) is 0 Å². The second kappa shape index (κ2) is 5.93. The number of halogens is 2. The molecule has 1 aromatic heterocycles. The summed E-state index contributed by atoms with van der Waals surface area (Å²) in [6.07, 6.45) is 1.59. The van der Waals surface area contributed by atoms with Crippen LogP contribution in [0.3, 0.4) is 0 Å². The molecule has 0 saturated heterocycles. The first-order valence-electron chi connectivity index (χ1n) is 5.75. The van der Waals surface area contributed by atoms with Gasteiger partial charge < -0.3 is 5.32 Å². The number of carbonyl (C=O) groups excluding carboxylic acids is 1. The monoisotopic (exact) mass is 322 g/mol. The van der Waals surface area contributed by atoms with E-state index in [9.17, 15) is 9.18 Å². The van der Waals surface area contributed by atoms with Crippen LogP contribution in [0.15, 0.2) is 47.2 Å². The molecule has 1 N–H and O–H groups in total. The van der Waals surface area contributed by atoms with Crippen LogP contribution in [-0.2, 0) is 0 Å². The minimum Gasteiger partial charge on any atom is -0.345 e. The van der Waals surface area contributed by atoms with Crippen molar-refractivity contribution in [3.8, 4) is 0 Å². The number of hydrogen-bond acceptors (Lipinski definition) is 2. The van der Waals surface area contributed by atoms with Crippen molar-refractivity contribution in [1.82, 2.24) is 10.3 Å². The molecule has 19 heavy (non-hydrogen) atoms. The van der Waals surface area contributed by atoms with E-state index in [2.05, 4.69) is 26.2 Å². The number of nitrogens with one attached hydrogen (secondary N) is 1. The molecule has 0 aliphatic heterocycles. The normalized spacial score (nSPS) is 11.9. The summed E-state index contributed by atoms with van der Waals surface area (Å²) in [7, 11) is 0. The molecule has 5 heteroatoms. The minimum atomic E-state index is -0.318. The van der Waals surface area contributed by atoms with Gasteiger partial charge in [0.25, 0.3) is 5.91 Å². The van der Waals surface area contributed by atoms with E-state index in [0.717, 1.165) is 0 Å². The highest BCUT2D eigenvalue weighted by molar-refractivity contribution is 9.10. The number of benzene rings is 1. The fraction of sp³-hybridized carbons (Fsp3) is 0.143. The molecular weight excluding hydrogens is 311 g/mol. The fourth-order valence-corrected chi connectivity index (χ4v) is 2.12. The highest BCUT2D eigenvalue weighted by atomic mass is 79.9. The first-order chi connectivity index (χ1) is 9.08. The Morgan fingerprint density at radius 2 is 2.16 bits per heavy atom. The zero-order valence-electron chi connectivity index (χ0n) is 10.2. The predicted octanol–water partition coefficient (Wildman–Crippen LogP) is 3.47. The zero-order chi connectivity index (χ0) is 13.8. The summed E-state index contributed by atoms with van der Waals surface area (Å²) in [6, 6.07) is 9.24. The maximum atomic E-state index is 13.1. The highest BCUT2D eigenvalue weighted by Gasteiger charge is 2.14. The molecular formula is C14H12BrFN2O. The van der Waals surface area contributed by atoms with E-state index >= 15 is 0 Å². The van der Waals surface area contributed by atoms with Crippen LogP contribution < -0.4 is 5.32 Å². The number of carbonyl (C=O) groups is 1. The van der Waals surface area contributed by atoms with Crippen LogP contribution in [-0.4, -0.2) is 10.9 Å². The average Bonchev–Trinajstić information content (AvgIpc) is 2.39. The van der Waals surface area contributed by atoms with Gasteiger partial charge in [-0.3, -0.25) is 4.79 Å². The molecule has 1 unspecified atom stereocenters. The molecule has 0 fully saturated rings. The van der Waals surface area contributed by atoms with Crippen LogP contribution in [0.5, 0.6) is 0 Å². The number of rotatable bonds is 3. The van der Waals surface area contributed by atoms with Crippen molar-refractivity contribution in [3.05, 3.63) is 64.1 Å². The lowest BCUT2D eigenvalue weighted by Crippen LogP contribution is -2.27. The topological polar surface area (TPSA) is 42.0 Å². The summed E-state index contributed by atoms with van der Waals surface area (Å²) in [4.78, 5) is 16.0. The number of pyridine rings is 1. The van der Waals surface area contributed by atoms with Crippen LogP contribution in [0.1, 0.15) is 28.9 Å². The van der Waals surface area contributed by atoms with Crippen molar-refractivity contribution < 1.29 is 9.18 Å². The van der Waals surface area contributed by atoms with E-state index in [1.807, 2.05) is 0 Å². The molecule has 1 aromatic carbocycles. The van der Waals surface area contributed by atoms with E-state index in [0.29, 0.717) is 15.7 Å². The number of hydrogen-bond donors (Lipinski definition) is 1. The summed E-state index contributed by atoms with van der Waals surface area (Å²) < 4.78 is 13.6. The lowest BCUT2D eigenvalue weighted by Gasteiger charge is -2.14. The van der Waals surface area contributed by atoms with Gasteiger partial charge in [0.15, 0.2) is 0 Å². The maximum absolute atomic E-state index is 13.1. The van der Waals surface area contributed by atoms with E-state index < -0.39 is 0 Å². The van der Waals surface area contributed by atoms with Gasteiger partial charge >= 0.3 is 0 Å². The van der Waals surface area contributed by atoms with E-state index in [4.69, 9.17) is 0 Å². The molecule has 1 atom stereocenters. The molecule has 1 amide bonds. The standard InChI is InChI=1S/C14H12BrFN2O/c1-9(10-4-2-5-11(16)8-10)18-14(19)12-6-3-7-17-13(12)15/h2-9H,1H3,(H,18,19). The fourth-order valence-electron chi connectivity index (χ4n) is 1.69. The first kappa shape index (κ1) is 13.7. The summed E-state index contributed by atoms with van der Waals surface area (Å²) >= 11 is 3.22. The smallest absolute Gasteiger partial charge is 0.254 e. The predicted molar refractivity (Wildman–Crippen MR) is 74.2 cm³/mol. The van der Waals surface area contributed by atoms with Crippen LogP contribution in [0, 0.1) is 5.82 Å². The Balaban J connectivity index is 2.13. The summed E-state index contributed by atoms with van der Waals surface area (Å²) in [5.74, 6) is -0.571. The molecule has 2 aromatic rings. The van der Waals surface area contributed by atoms with Gasteiger partial charge in [0.2, 0.25) is 0 Å². The van der Waals surface area contributed by atoms with Crippen molar-refractivity contribution in [1.29, 1.82) is 0 Å².